The average molecular weight is 283 g/mol. The molecule has 0 saturated carbocycles. The lowest BCUT2D eigenvalue weighted by atomic mass is 10.0. The Kier molecular flexibility index (Phi) is 4.40. The maximum atomic E-state index is 10.6. The van der Waals surface area contributed by atoms with Gasteiger partial charge in [-0.15, -0.1) is 10.2 Å². The van der Waals surface area contributed by atoms with Crippen molar-refractivity contribution in [2.24, 2.45) is 0 Å². The van der Waals surface area contributed by atoms with Crippen molar-refractivity contribution >= 4 is 27.7 Å². The Morgan fingerprint density at radius 2 is 2.11 bits per heavy atom. The number of rotatable bonds is 5. The van der Waals surface area contributed by atoms with Crippen molar-refractivity contribution in [3.63, 3.8) is 0 Å². The van der Waals surface area contributed by atoms with Gasteiger partial charge in [0.05, 0.1) is 0 Å². The molecule has 0 fully saturated rings. The highest BCUT2D eigenvalue weighted by Crippen LogP contribution is 2.26. The van der Waals surface area contributed by atoms with Crippen LogP contribution in [0.25, 0.3) is 0 Å². The van der Waals surface area contributed by atoms with E-state index >= 15 is 0 Å². The Morgan fingerprint density at radius 3 is 2.78 bits per heavy atom. The van der Waals surface area contributed by atoms with Crippen LogP contribution in [-0.2, 0) is 17.7 Å². The molecular weight excluding hydrogens is 270 g/mol. The summed E-state index contributed by atoms with van der Waals surface area (Å²) in [4.78, 5) is 0. The van der Waals surface area contributed by atoms with Crippen LogP contribution in [0.4, 0.5) is 5.13 Å². The molecule has 2 N–H and O–H groups in total. The van der Waals surface area contributed by atoms with Gasteiger partial charge in [-0.1, -0.05) is 48.6 Å². The van der Waals surface area contributed by atoms with Crippen LogP contribution in [0.3, 0.4) is 0 Å². The van der Waals surface area contributed by atoms with E-state index in [1.807, 2.05) is 18.2 Å². The molecule has 5 nitrogen and oxygen atoms in total. The van der Waals surface area contributed by atoms with Crippen molar-refractivity contribution in [2.75, 3.05) is 4.72 Å². The summed E-state index contributed by atoms with van der Waals surface area (Å²) in [5, 5.41) is 9.07. The number of nitrogens with zero attached hydrogens (tertiary/aromatic N) is 2. The molecule has 1 aromatic heterocycles. The van der Waals surface area contributed by atoms with Crippen LogP contribution in [0.1, 0.15) is 23.4 Å². The summed E-state index contributed by atoms with van der Waals surface area (Å²) in [6.45, 7) is 2.06. The lowest BCUT2D eigenvalue weighted by Gasteiger charge is -2.06. The van der Waals surface area contributed by atoms with Crippen molar-refractivity contribution < 1.29 is 8.76 Å². The first kappa shape index (κ1) is 13.1. The third kappa shape index (κ3) is 3.59. The Morgan fingerprint density at radius 1 is 1.39 bits per heavy atom. The van der Waals surface area contributed by atoms with E-state index in [2.05, 4.69) is 34.0 Å². The molecule has 0 bridgehead atoms. The molecule has 0 spiro atoms. The lowest BCUT2D eigenvalue weighted by molar-refractivity contribution is 0.570. The molecule has 18 heavy (non-hydrogen) atoms. The Balaban J connectivity index is 2.03. The zero-order chi connectivity index (χ0) is 13.0. The van der Waals surface area contributed by atoms with E-state index in [0.29, 0.717) is 5.13 Å². The summed E-state index contributed by atoms with van der Waals surface area (Å²) in [7, 11) is 0. The highest BCUT2D eigenvalue weighted by Gasteiger charge is 2.13. The second kappa shape index (κ2) is 6.03. The first-order valence-electron chi connectivity index (χ1n) is 5.40. The third-order valence-corrected chi connectivity index (χ3v) is 3.99. The minimum atomic E-state index is -2.10. The second-order valence-corrected chi connectivity index (χ2v) is 5.60. The van der Waals surface area contributed by atoms with E-state index in [0.717, 1.165) is 11.4 Å². The van der Waals surface area contributed by atoms with Crippen LogP contribution < -0.4 is 4.72 Å². The Bertz CT molecular complexity index is 530. The lowest BCUT2D eigenvalue weighted by Crippen LogP contribution is -2.00. The number of hydrogen-bond acceptors (Lipinski definition) is 4. The van der Waals surface area contributed by atoms with Crippen LogP contribution >= 0.6 is 11.3 Å². The van der Waals surface area contributed by atoms with Gasteiger partial charge in [0.1, 0.15) is 5.01 Å². The summed E-state index contributed by atoms with van der Waals surface area (Å²) >= 11 is -0.794. The van der Waals surface area contributed by atoms with Crippen LogP contribution in [0.15, 0.2) is 30.3 Å². The molecule has 2 atom stereocenters. The van der Waals surface area contributed by atoms with Crippen LogP contribution in [0.5, 0.6) is 0 Å². The van der Waals surface area contributed by atoms with Gasteiger partial charge in [0.2, 0.25) is 5.13 Å². The summed E-state index contributed by atoms with van der Waals surface area (Å²) in [6, 6.07) is 10.1. The van der Waals surface area contributed by atoms with E-state index in [4.69, 9.17) is 4.55 Å². The standard InChI is InChI=1S/C11H13N3O2S2/c1-8(7-9-5-3-2-4-6-9)10-12-13-11(17-10)14-18(15)16/h2-6,8H,7H2,1H3,(H,13,14)(H,15,16). The van der Waals surface area contributed by atoms with Crippen LogP contribution in [0.2, 0.25) is 0 Å². The number of hydrogen-bond donors (Lipinski definition) is 2. The quantitative estimate of drug-likeness (QED) is 0.826. The van der Waals surface area contributed by atoms with E-state index in [-0.39, 0.29) is 5.92 Å². The number of anilines is 1. The summed E-state index contributed by atoms with van der Waals surface area (Å²) in [5.74, 6) is 0.229. The summed E-state index contributed by atoms with van der Waals surface area (Å²) < 4.78 is 21.6. The van der Waals surface area contributed by atoms with Crippen LogP contribution in [0, 0.1) is 0 Å². The molecule has 0 aliphatic carbocycles. The fourth-order valence-corrected chi connectivity index (χ4v) is 2.82. The number of aromatic nitrogens is 2. The Labute approximate surface area is 112 Å². The van der Waals surface area contributed by atoms with Gasteiger partial charge in [-0.2, -0.15) is 0 Å². The monoisotopic (exact) mass is 283 g/mol. The second-order valence-electron chi connectivity index (χ2n) is 3.89. The van der Waals surface area contributed by atoms with Crippen molar-refractivity contribution in [1.82, 2.24) is 10.2 Å². The van der Waals surface area contributed by atoms with E-state index in [9.17, 15) is 4.21 Å². The third-order valence-electron chi connectivity index (χ3n) is 2.42. The summed E-state index contributed by atoms with van der Waals surface area (Å²) in [5.41, 5.74) is 1.24. The van der Waals surface area contributed by atoms with Gasteiger partial charge in [-0.3, -0.25) is 9.27 Å². The molecule has 7 heteroatoms. The molecule has 0 aliphatic heterocycles. The van der Waals surface area contributed by atoms with Gasteiger partial charge in [-0.05, 0) is 12.0 Å². The number of benzene rings is 1. The fourth-order valence-electron chi connectivity index (χ4n) is 1.60. The van der Waals surface area contributed by atoms with Gasteiger partial charge >= 0.3 is 0 Å². The zero-order valence-corrected chi connectivity index (χ0v) is 11.4. The first-order chi connectivity index (χ1) is 8.65. The molecule has 1 aromatic carbocycles. The first-order valence-corrected chi connectivity index (χ1v) is 7.32. The molecule has 0 saturated heterocycles. The molecule has 1 heterocycles. The maximum Gasteiger partial charge on any atom is 0.261 e. The maximum absolute atomic E-state index is 10.6. The van der Waals surface area contributed by atoms with Crippen molar-refractivity contribution in [2.45, 2.75) is 19.3 Å². The molecule has 2 unspecified atom stereocenters. The van der Waals surface area contributed by atoms with Gasteiger partial charge in [0, 0.05) is 5.92 Å². The molecule has 0 amide bonds. The molecule has 2 rings (SSSR count). The SMILES string of the molecule is CC(Cc1ccccc1)c1nnc(NS(=O)O)s1. The highest BCUT2D eigenvalue weighted by molar-refractivity contribution is 7.80. The van der Waals surface area contributed by atoms with E-state index < -0.39 is 11.3 Å². The molecule has 96 valence electrons. The topological polar surface area (TPSA) is 75.1 Å². The largest absolute Gasteiger partial charge is 0.289 e. The molecular formula is C11H13N3O2S2. The fraction of sp³-hybridized carbons (Fsp3) is 0.273. The number of nitrogens with one attached hydrogen (secondary N) is 1. The van der Waals surface area contributed by atoms with Crippen molar-refractivity contribution in [1.29, 1.82) is 0 Å². The minimum Gasteiger partial charge on any atom is -0.289 e. The summed E-state index contributed by atoms with van der Waals surface area (Å²) in [6.07, 6.45) is 0.873. The smallest absolute Gasteiger partial charge is 0.261 e. The minimum absolute atomic E-state index is 0.229. The normalized spacial score (nSPS) is 14.1. The van der Waals surface area contributed by atoms with Crippen molar-refractivity contribution in [3.05, 3.63) is 40.9 Å². The van der Waals surface area contributed by atoms with Crippen LogP contribution in [-0.4, -0.2) is 19.0 Å². The predicted molar refractivity (Wildman–Crippen MR) is 72.9 cm³/mol. The Hall–Kier alpha value is -1.31. The van der Waals surface area contributed by atoms with Gasteiger partial charge in [0.15, 0.2) is 0 Å². The van der Waals surface area contributed by atoms with E-state index in [1.54, 1.807) is 0 Å². The molecule has 0 aliphatic rings. The molecule has 2 aromatic rings. The van der Waals surface area contributed by atoms with Gasteiger partial charge in [-0.25, -0.2) is 4.21 Å². The van der Waals surface area contributed by atoms with Crippen molar-refractivity contribution in [3.8, 4) is 0 Å². The van der Waals surface area contributed by atoms with Gasteiger partial charge in [0.25, 0.3) is 11.3 Å². The average Bonchev–Trinajstić information content (AvgIpc) is 2.78. The molecule has 0 radical (unpaired) electrons. The van der Waals surface area contributed by atoms with Gasteiger partial charge < -0.3 is 0 Å². The predicted octanol–water partition coefficient (Wildman–Crippen LogP) is 2.43. The van der Waals surface area contributed by atoms with E-state index in [1.165, 1.54) is 16.9 Å². The highest BCUT2D eigenvalue weighted by atomic mass is 32.2. The zero-order valence-electron chi connectivity index (χ0n) is 9.74.